The van der Waals surface area contributed by atoms with Crippen LogP contribution < -0.4 is 10.9 Å². The highest BCUT2D eigenvalue weighted by atomic mass is 79.9. The van der Waals surface area contributed by atoms with E-state index in [2.05, 4.69) is 27.8 Å². The molecular weight excluding hydrogens is 508 g/mol. The van der Waals surface area contributed by atoms with Crippen molar-refractivity contribution in [3.8, 4) is 17.0 Å². The van der Waals surface area contributed by atoms with Crippen LogP contribution in [0.15, 0.2) is 56.0 Å². The lowest BCUT2D eigenvalue weighted by Gasteiger charge is -2.14. The zero-order chi connectivity index (χ0) is 22.9. The lowest BCUT2D eigenvalue weighted by atomic mass is 10.1. The molecule has 0 unspecified atom stereocenters. The van der Waals surface area contributed by atoms with Crippen LogP contribution in [0.2, 0.25) is 0 Å². The Morgan fingerprint density at radius 1 is 1.10 bits per heavy atom. The number of nitrogens with one attached hydrogen (secondary N) is 1. The van der Waals surface area contributed by atoms with E-state index in [4.69, 9.17) is 4.55 Å². The van der Waals surface area contributed by atoms with E-state index in [-0.39, 0.29) is 23.1 Å². The van der Waals surface area contributed by atoms with Gasteiger partial charge in [0.1, 0.15) is 0 Å². The maximum atomic E-state index is 12.7. The molecule has 30 heavy (non-hydrogen) atoms. The van der Waals surface area contributed by atoms with Gasteiger partial charge in [0.2, 0.25) is 0 Å². The second-order valence-corrected chi connectivity index (χ2v) is 9.57. The average Bonchev–Trinajstić information content (AvgIpc) is 2.61. The first-order valence-electron chi connectivity index (χ1n) is 7.88. The lowest BCUT2D eigenvalue weighted by molar-refractivity contribution is -0.116. The molecule has 1 amide bonds. The molecule has 2 aromatic rings. The quantitative estimate of drug-likeness (QED) is 0.301. The minimum Gasteiger partial charge on any atom is -0.494 e. The van der Waals surface area contributed by atoms with Crippen molar-refractivity contribution >= 4 is 42.1 Å². The van der Waals surface area contributed by atoms with Crippen molar-refractivity contribution in [3.63, 3.8) is 0 Å². The number of aromatic hydroxyl groups is 1. The number of benzene rings is 1. The van der Waals surface area contributed by atoms with Crippen molar-refractivity contribution in [2.24, 2.45) is 0 Å². The number of aromatic nitrogens is 1. The minimum absolute atomic E-state index is 0.0152. The fourth-order valence-electron chi connectivity index (χ4n) is 2.48. The van der Waals surface area contributed by atoms with Gasteiger partial charge in [-0.1, -0.05) is 18.7 Å². The largest absolute Gasteiger partial charge is 0.494 e. The van der Waals surface area contributed by atoms with Gasteiger partial charge in [0.15, 0.2) is 10.8 Å². The molecular formula is C16H15BrN2O9S2. The Morgan fingerprint density at radius 2 is 1.67 bits per heavy atom. The minimum atomic E-state index is -5.07. The third-order valence-corrected chi connectivity index (χ3v) is 5.96. The molecule has 4 N–H and O–H groups in total. The average molecular weight is 523 g/mol. The van der Waals surface area contributed by atoms with Gasteiger partial charge in [0, 0.05) is 24.7 Å². The number of hydrogen-bond donors (Lipinski definition) is 4. The molecule has 2 rings (SSSR count). The Labute approximate surface area is 179 Å². The van der Waals surface area contributed by atoms with Gasteiger partial charge in [-0.25, -0.2) is 0 Å². The van der Waals surface area contributed by atoms with E-state index in [9.17, 15) is 36.1 Å². The molecule has 0 fully saturated rings. The van der Waals surface area contributed by atoms with Crippen LogP contribution in [0.1, 0.15) is 0 Å². The Balaban J connectivity index is 2.57. The number of hydrogen-bond acceptors (Lipinski definition) is 7. The molecule has 0 saturated carbocycles. The van der Waals surface area contributed by atoms with Gasteiger partial charge in [-0.15, -0.1) is 0 Å². The summed E-state index contributed by atoms with van der Waals surface area (Å²) >= 11 is 2.86. The second-order valence-electron chi connectivity index (χ2n) is 5.84. The third kappa shape index (κ3) is 5.34. The predicted octanol–water partition coefficient (Wildman–Crippen LogP) is 0.739. The van der Waals surface area contributed by atoms with Crippen LogP contribution in [0, 0.1) is 0 Å². The number of pyridine rings is 1. The van der Waals surface area contributed by atoms with Crippen LogP contribution in [0.5, 0.6) is 5.88 Å². The van der Waals surface area contributed by atoms with Gasteiger partial charge in [-0.2, -0.15) is 16.8 Å². The van der Waals surface area contributed by atoms with E-state index in [1.54, 1.807) is 0 Å². The zero-order valence-corrected chi connectivity index (χ0v) is 18.2. The lowest BCUT2D eigenvalue weighted by Crippen LogP contribution is -2.32. The van der Waals surface area contributed by atoms with Crippen LogP contribution >= 0.6 is 15.9 Å². The number of halogens is 1. The van der Waals surface area contributed by atoms with E-state index in [0.29, 0.717) is 4.57 Å². The number of carbonyl (C=O) groups is 1. The summed E-state index contributed by atoms with van der Waals surface area (Å²) in [5, 5.41) is 12.6. The summed E-state index contributed by atoms with van der Waals surface area (Å²) in [6.07, 6.45) is 0. The van der Waals surface area contributed by atoms with E-state index in [1.165, 1.54) is 0 Å². The van der Waals surface area contributed by atoms with Crippen molar-refractivity contribution in [3.05, 3.63) is 51.7 Å². The fraction of sp³-hybridized carbons (Fsp3) is 0.125. The number of amides is 1. The highest BCUT2D eigenvalue weighted by Crippen LogP contribution is 2.29. The van der Waals surface area contributed by atoms with Crippen molar-refractivity contribution in [2.45, 2.75) is 16.3 Å². The highest BCUT2D eigenvalue weighted by Gasteiger charge is 2.25. The van der Waals surface area contributed by atoms with E-state index >= 15 is 0 Å². The summed E-state index contributed by atoms with van der Waals surface area (Å²) in [7, 11) is -9.58. The zero-order valence-electron chi connectivity index (χ0n) is 14.9. The first kappa shape index (κ1) is 23.8. The van der Waals surface area contributed by atoms with E-state index in [1.807, 2.05) is 0 Å². The third-order valence-electron chi connectivity index (χ3n) is 3.82. The molecule has 0 bridgehead atoms. The molecule has 1 aromatic carbocycles. The molecule has 0 aliphatic carbocycles. The molecule has 162 valence electrons. The fourth-order valence-corrected chi connectivity index (χ4v) is 3.88. The summed E-state index contributed by atoms with van der Waals surface area (Å²) < 4.78 is 65.2. The first-order valence-corrected chi connectivity index (χ1v) is 11.6. The summed E-state index contributed by atoms with van der Waals surface area (Å²) in [6.45, 7) is 2.84. The van der Waals surface area contributed by atoms with Crippen molar-refractivity contribution in [1.29, 1.82) is 0 Å². The number of carbonyl (C=O) groups excluding carboxylic acids is 1. The van der Waals surface area contributed by atoms with Crippen LogP contribution in [-0.4, -0.2) is 48.1 Å². The summed E-state index contributed by atoms with van der Waals surface area (Å²) in [4.78, 5) is 22.6. The highest BCUT2D eigenvalue weighted by molar-refractivity contribution is 9.12. The summed E-state index contributed by atoms with van der Waals surface area (Å²) in [5.74, 6) is -1.26. The van der Waals surface area contributed by atoms with Crippen LogP contribution in [0.4, 0.5) is 0 Å². The maximum absolute atomic E-state index is 12.7. The number of rotatable bonds is 7. The van der Waals surface area contributed by atoms with Crippen LogP contribution in [-0.2, 0) is 31.6 Å². The smallest absolute Gasteiger partial charge is 0.300 e. The molecule has 0 aliphatic heterocycles. The molecule has 1 heterocycles. The molecule has 0 spiro atoms. The maximum Gasteiger partial charge on any atom is 0.300 e. The molecule has 11 nitrogen and oxygen atoms in total. The first-order chi connectivity index (χ1) is 13.7. The van der Waals surface area contributed by atoms with Gasteiger partial charge in [0.25, 0.3) is 21.6 Å². The van der Waals surface area contributed by atoms with Crippen molar-refractivity contribution < 1.29 is 35.8 Å². The molecule has 0 atom stereocenters. The summed E-state index contributed by atoms with van der Waals surface area (Å²) in [6, 6.07) is 4.95. The molecule has 0 saturated heterocycles. The van der Waals surface area contributed by atoms with Gasteiger partial charge < -0.3 is 10.4 Å². The Kier molecular flexibility index (Phi) is 6.88. The van der Waals surface area contributed by atoms with Gasteiger partial charge in [-0.05, 0) is 33.6 Å². The van der Waals surface area contributed by atoms with Gasteiger partial charge in [0.05, 0.1) is 9.38 Å². The molecule has 0 radical (unpaired) electrons. The topological polar surface area (TPSA) is 180 Å². The van der Waals surface area contributed by atoms with Gasteiger partial charge >= 0.3 is 10.1 Å². The second kappa shape index (κ2) is 8.69. The predicted molar refractivity (Wildman–Crippen MR) is 109 cm³/mol. The summed E-state index contributed by atoms with van der Waals surface area (Å²) in [5.41, 5.74) is -1.69. The van der Waals surface area contributed by atoms with E-state index in [0.717, 1.165) is 30.3 Å². The normalized spacial score (nSPS) is 11.8. The SMILES string of the molecule is C=C(Br)C(=O)NCCn1c(O)cc(-c2ccc(S(=O)(=O)O)cc2)c(S(=O)(=O)O)c1=O. The number of nitrogens with zero attached hydrogens (tertiary/aromatic N) is 1. The van der Waals surface area contributed by atoms with Gasteiger partial charge in [-0.3, -0.25) is 23.3 Å². The monoisotopic (exact) mass is 522 g/mol. The Hall–Kier alpha value is -2.52. The Morgan fingerprint density at radius 3 is 2.13 bits per heavy atom. The molecule has 1 aromatic heterocycles. The van der Waals surface area contributed by atoms with Crippen molar-refractivity contribution in [2.75, 3.05) is 6.54 Å². The van der Waals surface area contributed by atoms with Crippen LogP contribution in [0.25, 0.3) is 11.1 Å². The van der Waals surface area contributed by atoms with E-state index < -0.39 is 52.9 Å². The molecule has 14 heteroatoms. The standard InChI is InChI=1S/C16H15BrN2O9S2/c1-9(17)15(21)18-6-7-19-13(20)8-12(14(16(19)22)30(26,27)28)10-2-4-11(5-3-10)29(23,24)25/h2-5,8,20H,1,6-7H2,(H,18,21)(H,23,24,25)(H,26,27,28). The Bertz CT molecular complexity index is 1280. The van der Waals surface area contributed by atoms with Crippen molar-refractivity contribution in [1.82, 2.24) is 9.88 Å². The molecule has 0 aliphatic rings. The van der Waals surface area contributed by atoms with Crippen LogP contribution in [0.3, 0.4) is 0 Å².